The average Bonchev–Trinajstić information content (AvgIpc) is 2.83. The fourth-order valence-corrected chi connectivity index (χ4v) is 6.00. The average molecular weight is 435 g/mol. The van der Waals surface area contributed by atoms with Crippen molar-refractivity contribution in [1.82, 2.24) is 0 Å². The lowest BCUT2D eigenvalue weighted by atomic mass is 9.74. The monoisotopic (exact) mass is 434 g/mol. The molecule has 172 valence electrons. The third-order valence-corrected chi connectivity index (χ3v) is 7.96. The predicted molar refractivity (Wildman–Crippen MR) is 134 cm³/mol. The maximum absolute atomic E-state index is 14.8. The first-order valence-corrected chi connectivity index (χ1v) is 12.8. The smallest absolute Gasteiger partial charge is 0.172 e. The van der Waals surface area contributed by atoms with Crippen molar-refractivity contribution in [3.63, 3.8) is 0 Å². The Balaban J connectivity index is 1.28. The highest BCUT2D eigenvalue weighted by Gasteiger charge is 2.25. The lowest BCUT2D eigenvalue weighted by Crippen LogP contribution is -2.17. The molecule has 0 unspecified atom stereocenters. The molecule has 32 heavy (non-hydrogen) atoms. The van der Waals surface area contributed by atoms with Crippen LogP contribution in [0.4, 0.5) is 4.39 Å². The number of hydrogen-bond donors (Lipinski definition) is 0. The van der Waals surface area contributed by atoms with E-state index in [1.807, 2.05) is 12.1 Å². The van der Waals surface area contributed by atoms with E-state index in [9.17, 15) is 4.39 Å². The van der Waals surface area contributed by atoms with Crippen LogP contribution < -0.4 is 4.74 Å². The Morgan fingerprint density at radius 3 is 2.28 bits per heavy atom. The third-order valence-electron chi connectivity index (χ3n) is 7.96. The zero-order valence-electron chi connectivity index (χ0n) is 19.7. The Labute approximate surface area is 193 Å². The molecule has 2 fully saturated rings. The summed E-state index contributed by atoms with van der Waals surface area (Å²) in [6.45, 7) is 6.10. The highest BCUT2D eigenvalue weighted by Crippen LogP contribution is 2.41. The molecule has 0 N–H and O–H groups in total. The molecule has 0 amide bonds. The van der Waals surface area contributed by atoms with E-state index in [2.05, 4.69) is 37.8 Å². The highest BCUT2D eigenvalue weighted by molar-refractivity contribution is 5.85. The summed E-state index contributed by atoms with van der Waals surface area (Å²) >= 11 is 0. The van der Waals surface area contributed by atoms with Crippen molar-refractivity contribution in [2.45, 2.75) is 77.0 Å². The number of benzene rings is 2. The molecule has 0 saturated heterocycles. The molecule has 1 nitrogen and oxygen atoms in total. The van der Waals surface area contributed by atoms with Crippen molar-refractivity contribution in [2.24, 2.45) is 17.8 Å². The molecule has 0 aromatic heterocycles. The second kappa shape index (κ2) is 11.2. The molecule has 4 rings (SSSR count). The first kappa shape index (κ1) is 23.1. The van der Waals surface area contributed by atoms with Gasteiger partial charge in [-0.15, -0.1) is 0 Å². The summed E-state index contributed by atoms with van der Waals surface area (Å²) in [5.74, 6) is 3.37. The van der Waals surface area contributed by atoms with Gasteiger partial charge in [0.15, 0.2) is 11.6 Å². The second-order valence-electron chi connectivity index (χ2n) is 10.1. The van der Waals surface area contributed by atoms with Gasteiger partial charge in [-0.25, -0.2) is 4.39 Å². The van der Waals surface area contributed by atoms with E-state index < -0.39 is 0 Å². The summed E-state index contributed by atoms with van der Waals surface area (Å²) in [4.78, 5) is 0. The normalized spacial score (nSPS) is 26.4. The van der Waals surface area contributed by atoms with Crippen LogP contribution in [0.25, 0.3) is 10.8 Å². The van der Waals surface area contributed by atoms with Crippen LogP contribution in [0.3, 0.4) is 0 Å². The molecule has 0 atom stereocenters. The van der Waals surface area contributed by atoms with Crippen LogP contribution in [0, 0.1) is 23.6 Å². The van der Waals surface area contributed by atoms with Crippen LogP contribution in [-0.2, 0) is 0 Å². The molecule has 0 radical (unpaired) electrons. The maximum atomic E-state index is 14.8. The number of fused-ring (bicyclic) bond motifs is 1. The van der Waals surface area contributed by atoms with E-state index in [1.54, 1.807) is 12.1 Å². The first-order valence-electron chi connectivity index (χ1n) is 12.8. The number of rotatable bonds is 8. The van der Waals surface area contributed by atoms with E-state index in [-0.39, 0.29) is 5.82 Å². The molecule has 0 bridgehead atoms. The van der Waals surface area contributed by atoms with E-state index in [1.165, 1.54) is 69.8 Å². The minimum atomic E-state index is -0.264. The molecule has 2 heteroatoms. The Hall–Kier alpha value is -2.09. The molecule has 2 aliphatic rings. The van der Waals surface area contributed by atoms with Crippen LogP contribution in [-0.4, -0.2) is 6.61 Å². The van der Waals surface area contributed by atoms with E-state index in [0.717, 1.165) is 23.1 Å². The summed E-state index contributed by atoms with van der Waals surface area (Å²) < 4.78 is 20.2. The van der Waals surface area contributed by atoms with Gasteiger partial charge in [-0.3, -0.25) is 0 Å². The van der Waals surface area contributed by atoms with Crippen molar-refractivity contribution >= 4 is 10.8 Å². The van der Waals surface area contributed by atoms with Crippen LogP contribution in [0.1, 0.15) is 82.6 Å². The van der Waals surface area contributed by atoms with Gasteiger partial charge >= 0.3 is 0 Å². The topological polar surface area (TPSA) is 9.23 Å². The second-order valence-corrected chi connectivity index (χ2v) is 10.1. The van der Waals surface area contributed by atoms with Crippen molar-refractivity contribution in [2.75, 3.05) is 6.61 Å². The minimum Gasteiger partial charge on any atom is -0.486 e. The van der Waals surface area contributed by atoms with Crippen LogP contribution >= 0.6 is 0 Å². The lowest BCUT2D eigenvalue weighted by Gasteiger charge is -2.31. The van der Waals surface area contributed by atoms with Gasteiger partial charge in [-0.05, 0) is 99.0 Å². The fraction of sp³-hybridized carbons (Fsp3) is 0.533. The highest BCUT2D eigenvalue weighted by atomic mass is 19.1. The number of hydrogen-bond acceptors (Lipinski definition) is 1. The van der Waals surface area contributed by atoms with E-state index >= 15 is 0 Å². The Kier molecular flexibility index (Phi) is 8.05. The van der Waals surface area contributed by atoms with E-state index in [0.29, 0.717) is 23.7 Å². The minimum absolute atomic E-state index is 0.264. The largest absolute Gasteiger partial charge is 0.486 e. The van der Waals surface area contributed by atoms with Crippen molar-refractivity contribution in [3.8, 4) is 5.75 Å². The number of halogens is 1. The Bertz CT molecular complexity index is 914. The van der Waals surface area contributed by atoms with Crippen LogP contribution in [0.5, 0.6) is 5.75 Å². The fourth-order valence-electron chi connectivity index (χ4n) is 6.00. The van der Waals surface area contributed by atoms with Crippen molar-refractivity contribution in [3.05, 3.63) is 66.5 Å². The summed E-state index contributed by atoms with van der Waals surface area (Å²) in [6, 6.07) is 10.0. The lowest BCUT2D eigenvalue weighted by molar-refractivity contribution is 0.246. The standard InChI is InChI=1S/C30H39FO/c1-3-5-22-6-8-23(9-7-22)10-11-24-12-14-25(15-13-24)26-16-18-28-27(21-26)17-19-29(30(28)31)32-20-4-2/h3-5,16-19,21-25H,2,6-15,20H2,1H3/b5-3+. The van der Waals surface area contributed by atoms with Crippen molar-refractivity contribution < 1.29 is 9.13 Å². The zero-order chi connectivity index (χ0) is 22.3. The van der Waals surface area contributed by atoms with Gasteiger partial charge in [-0.2, -0.15) is 0 Å². The third kappa shape index (κ3) is 5.63. The molecule has 0 heterocycles. The summed E-state index contributed by atoms with van der Waals surface area (Å²) in [7, 11) is 0. The summed E-state index contributed by atoms with van der Waals surface area (Å²) in [6.07, 6.45) is 20.0. The molecule has 2 aromatic rings. The van der Waals surface area contributed by atoms with E-state index in [4.69, 9.17) is 4.74 Å². The van der Waals surface area contributed by atoms with Gasteiger partial charge in [0.1, 0.15) is 6.61 Å². The quantitative estimate of drug-likeness (QED) is 0.377. The van der Waals surface area contributed by atoms with Crippen LogP contribution in [0.15, 0.2) is 55.1 Å². The molecule has 2 aromatic carbocycles. The van der Waals surface area contributed by atoms with Gasteiger partial charge in [-0.1, -0.05) is 61.9 Å². The molecule has 2 saturated carbocycles. The molecule has 0 spiro atoms. The Morgan fingerprint density at radius 2 is 1.62 bits per heavy atom. The first-order chi connectivity index (χ1) is 15.7. The molecule has 2 aliphatic carbocycles. The number of ether oxygens (including phenoxy) is 1. The Morgan fingerprint density at radius 1 is 0.938 bits per heavy atom. The van der Waals surface area contributed by atoms with Gasteiger partial charge in [0.05, 0.1) is 0 Å². The van der Waals surface area contributed by atoms with Gasteiger partial charge < -0.3 is 4.74 Å². The zero-order valence-corrected chi connectivity index (χ0v) is 19.7. The predicted octanol–water partition coefficient (Wildman–Crippen LogP) is 8.98. The van der Waals surface area contributed by atoms with Crippen LogP contribution in [0.2, 0.25) is 0 Å². The SMILES string of the molecule is C=CCOc1ccc2cc(C3CCC(CCC4CCC(/C=C/C)CC4)CC3)ccc2c1F. The van der Waals surface area contributed by atoms with Gasteiger partial charge in [0.25, 0.3) is 0 Å². The maximum Gasteiger partial charge on any atom is 0.172 e. The number of allylic oxidation sites excluding steroid dienone is 2. The summed E-state index contributed by atoms with van der Waals surface area (Å²) in [5, 5.41) is 1.62. The summed E-state index contributed by atoms with van der Waals surface area (Å²) in [5.41, 5.74) is 1.37. The van der Waals surface area contributed by atoms with Crippen molar-refractivity contribution in [1.29, 1.82) is 0 Å². The molecular weight excluding hydrogens is 395 g/mol. The van der Waals surface area contributed by atoms with Gasteiger partial charge in [0, 0.05) is 5.39 Å². The molecular formula is C30H39FO. The van der Waals surface area contributed by atoms with Gasteiger partial charge in [0.2, 0.25) is 0 Å². The molecule has 0 aliphatic heterocycles.